The van der Waals surface area contributed by atoms with Gasteiger partial charge in [-0.3, -0.25) is 14.7 Å². The molecule has 8 nitrogen and oxygen atoms in total. The van der Waals surface area contributed by atoms with Crippen LogP contribution in [0.4, 0.5) is 5.69 Å². The molecule has 4 aromatic rings. The van der Waals surface area contributed by atoms with Gasteiger partial charge in [0.2, 0.25) is 0 Å². The number of halogens is 1. The maximum atomic E-state index is 12.9. The second-order valence-corrected chi connectivity index (χ2v) is 8.65. The van der Waals surface area contributed by atoms with Crippen molar-refractivity contribution in [3.8, 4) is 16.3 Å². The number of thiophene rings is 1. The van der Waals surface area contributed by atoms with Crippen LogP contribution in [0.25, 0.3) is 16.3 Å². The van der Waals surface area contributed by atoms with Crippen molar-refractivity contribution in [3.05, 3.63) is 81.2 Å². The molecule has 1 N–H and O–H groups in total. The fraction of sp³-hybridized carbons (Fsp3) is 0.182. The third-order valence-electron chi connectivity index (χ3n) is 5.39. The average molecular weight is 467 g/mol. The normalized spacial score (nSPS) is 14.0. The Morgan fingerprint density at radius 2 is 1.84 bits per heavy atom. The number of nitrogens with zero attached hydrogens (tertiary/aromatic N) is 5. The molecule has 3 aromatic heterocycles. The maximum absolute atomic E-state index is 12.9. The van der Waals surface area contributed by atoms with Crippen LogP contribution in [-0.2, 0) is 0 Å². The number of piperazine rings is 1. The number of nitrogens with one attached hydrogen (secondary N) is 1. The van der Waals surface area contributed by atoms with Gasteiger partial charge in [0.25, 0.3) is 11.5 Å². The molecule has 0 unspecified atom stereocenters. The number of aromatic amines is 1. The molecule has 1 aliphatic heterocycles. The van der Waals surface area contributed by atoms with Crippen LogP contribution in [-0.4, -0.2) is 57.0 Å². The number of aromatic nitrogens is 4. The van der Waals surface area contributed by atoms with E-state index in [-0.39, 0.29) is 16.5 Å². The van der Waals surface area contributed by atoms with Crippen molar-refractivity contribution in [3.63, 3.8) is 0 Å². The summed E-state index contributed by atoms with van der Waals surface area (Å²) < 4.78 is 1.29. The quantitative estimate of drug-likeness (QED) is 0.498. The summed E-state index contributed by atoms with van der Waals surface area (Å²) >= 11 is 8.01. The number of hydrogen-bond acceptors (Lipinski definition) is 6. The van der Waals surface area contributed by atoms with Gasteiger partial charge in [-0.15, -0.1) is 11.3 Å². The van der Waals surface area contributed by atoms with E-state index in [1.54, 1.807) is 40.6 Å². The number of benzene rings is 1. The highest BCUT2D eigenvalue weighted by Gasteiger charge is 2.26. The topological polar surface area (TPSA) is 87.1 Å². The van der Waals surface area contributed by atoms with Crippen LogP contribution in [0.3, 0.4) is 0 Å². The second kappa shape index (κ2) is 8.60. The highest BCUT2D eigenvalue weighted by atomic mass is 35.5. The summed E-state index contributed by atoms with van der Waals surface area (Å²) in [5, 5.41) is 13.5. The van der Waals surface area contributed by atoms with E-state index in [2.05, 4.69) is 15.3 Å². The predicted molar refractivity (Wildman–Crippen MR) is 125 cm³/mol. The van der Waals surface area contributed by atoms with Gasteiger partial charge in [-0.05, 0) is 29.6 Å². The Balaban J connectivity index is 1.28. The molecular formula is C22H19ClN6O2S. The Morgan fingerprint density at radius 3 is 2.56 bits per heavy atom. The third kappa shape index (κ3) is 3.80. The van der Waals surface area contributed by atoms with Gasteiger partial charge in [0, 0.05) is 26.2 Å². The number of anilines is 1. The first kappa shape index (κ1) is 20.5. The lowest BCUT2D eigenvalue weighted by atomic mass is 10.2. The summed E-state index contributed by atoms with van der Waals surface area (Å²) in [4.78, 5) is 30.4. The Labute approximate surface area is 192 Å². The molecule has 1 aliphatic rings. The Hall–Kier alpha value is -3.43. The average Bonchev–Trinajstić information content (AvgIpc) is 3.53. The minimum Gasteiger partial charge on any atom is -0.365 e. The van der Waals surface area contributed by atoms with Crippen molar-refractivity contribution in [2.75, 3.05) is 31.1 Å². The number of hydrogen-bond donors (Lipinski definition) is 1. The number of amides is 1. The number of para-hydroxylation sites is 1. The van der Waals surface area contributed by atoms with Crippen molar-refractivity contribution in [2.24, 2.45) is 0 Å². The number of carbonyl (C=O) groups excluding carboxylic acids is 1. The van der Waals surface area contributed by atoms with E-state index in [0.717, 1.165) is 10.6 Å². The molecule has 5 rings (SSSR count). The molecule has 1 saturated heterocycles. The molecule has 10 heteroatoms. The summed E-state index contributed by atoms with van der Waals surface area (Å²) in [6.07, 6.45) is 1.61. The maximum Gasteiger partial charge on any atom is 0.292 e. The van der Waals surface area contributed by atoms with E-state index in [0.29, 0.717) is 43.2 Å². The molecule has 1 amide bonds. The monoisotopic (exact) mass is 466 g/mol. The molecule has 4 heterocycles. The van der Waals surface area contributed by atoms with Crippen LogP contribution in [0.2, 0.25) is 5.02 Å². The lowest BCUT2D eigenvalue weighted by Crippen LogP contribution is -2.49. The molecule has 0 atom stereocenters. The zero-order valence-electron chi connectivity index (χ0n) is 16.9. The second-order valence-electron chi connectivity index (χ2n) is 7.32. The molecular weight excluding hydrogens is 448 g/mol. The van der Waals surface area contributed by atoms with Crippen molar-refractivity contribution in [2.45, 2.75) is 0 Å². The Morgan fingerprint density at radius 1 is 1.06 bits per heavy atom. The molecule has 0 saturated carbocycles. The van der Waals surface area contributed by atoms with Crippen LogP contribution in [0.15, 0.2) is 64.9 Å². The van der Waals surface area contributed by atoms with Crippen molar-refractivity contribution in [1.82, 2.24) is 24.9 Å². The summed E-state index contributed by atoms with van der Waals surface area (Å²) in [6.45, 7) is 2.09. The van der Waals surface area contributed by atoms with E-state index in [1.165, 1.54) is 4.68 Å². The first-order valence-corrected chi connectivity index (χ1v) is 11.3. The summed E-state index contributed by atoms with van der Waals surface area (Å²) in [5.74, 6) is -0.118. The molecule has 1 aromatic carbocycles. The van der Waals surface area contributed by atoms with Gasteiger partial charge in [0.15, 0.2) is 5.69 Å². The number of H-pyrrole nitrogens is 1. The predicted octanol–water partition coefficient (Wildman–Crippen LogP) is 3.30. The molecule has 32 heavy (non-hydrogen) atoms. The molecule has 1 fully saturated rings. The largest absolute Gasteiger partial charge is 0.365 e. The smallest absolute Gasteiger partial charge is 0.292 e. The molecule has 0 spiro atoms. The fourth-order valence-electron chi connectivity index (χ4n) is 3.70. The first-order chi connectivity index (χ1) is 15.6. The van der Waals surface area contributed by atoms with Gasteiger partial charge in [-0.1, -0.05) is 35.9 Å². The lowest BCUT2D eigenvalue weighted by Gasteiger charge is -2.35. The van der Waals surface area contributed by atoms with Gasteiger partial charge in [-0.25, -0.2) is 0 Å². The highest BCUT2D eigenvalue weighted by molar-refractivity contribution is 7.13. The van der Waals surface area contributed by atoms with E-state index in [9.17, 15) is 9.59 Å². The van der Waals surface area contributed by atoms with Crippen molar-refractivity contribution < 1.29 is 4.79 Å². The van der Waals surface area contributed by atoms with E-state index in [4.69, 9.17) is 11.6 Å². The molecule has 0 radical (unpaired) electrons. The molecule has 0 aliphatic carbocycles. The Kier molecular flexibility index (Phi) is 5.50. The van der Waals surface area contributed by atoms with Crippen LogP contribution >= 0.6 is 22.9 Å². The van der Waals surface area contributed by atoms with Crippen LogP contribution < -0.4 is 10.5 Å². The summed E-state index contributed by atoms with van der Waals surface area (Å²) in [7, 11) is 0. The van der Waals surface area contributed by atoms with Gasteiger partial charge >= 0.3 is 0 Å². The van der Waals surface area contributed by atoms with Crippen LogP contribution in [0.5, 0.6) is 0 Å². The standard InChI is InChI=1S/C22H19ClN6O2S/c23-20-18(14-24-29(22(20)31)15-5-2-1-3-6-15)27-8-10-28(11-9-27)21(30)17-13-16(25-26-17)19-7-4-12-32-19/h1-7,12-14H,8-11H2,(H,25,26). The van der Waals surface area contributed by atoms with E-state index in [1.807, 2.05) is 40.6 Å². The fourth-order valence-corrected chi connectivity index (χ4v) is 4.64. The summed E-state index contributed by atoms with van der Waals surface area (Å²) in [6, 6.07) is 14.9. The van der Waals surface area contributed by atoms with Gasteiger partial charge in [-0.2, -0.15) is 14.9 Å². The zero-order valence-corrected chi connectivity index (χ0v) is 18.5. The first-order valence-electron chi connectivity index (χ1n) is 10.1. The van der Waals surface area contributed by atoms with Gasteiger partial charge in [0.05, 0.1) is 28.1 Å². The molecule has 162 valence electrons. The highest BCUT2D eigenvalue weighted by Crippen LogP contribution is 2.25. The number of rotatable bonds is 4. The van der Waals surface area contributed by atoms with Crippen LogP contribution in [0.1, 0.15) is 10.5 Å². The minimum absolute atomic E-state index is 0.118. The third-order valence-corrected chi connectivity index (χ3v) is 6.65. The van der Waals surface area contributed by atoms with E-state index < -0.39 is 0 Å². The SMILES string of the molecule is O=C(c1cc(-c2cccs2)[nH]n1)N1CCN(c2cnn(-c3ccccc3)c(=O)c2Cl)CC1. The number of carbonyl (C=O) groups is 1. The van der Waals surface area contributed by atoms with E-state index >= 15 is 0 Å². The molecule has 0 bridgehead atoms. The Bertz CT molecular complexity index is 1290. The van der Waals surface area contributed by atoms with Gasteiger partial charge < -0.3 is 9.80 Å². The lowest BCUT2D eigenvalue weighted by molar-refractivity contribution is 0.0741. The minimum atomic E-state index is -0.369. The van der Waals surface area contributed by atoms with Crippen molar-refractivity contribution in [1.29, 1.82) is 0 Å². The van der Waals surface area contributed by atoms with Gasteiger partial charge in [0.1, 0.15) is 5.02 Å². The summed E-state index contributed by atoms with van der Waals surface area (Å²) in [5.41, 5.74) is 2.09. The van der Waals surface area contributed by atoms with Crippen LogP contribution in [0, 0.1) is 0 Å². The zero-order chi connectivity index (χ0) is 22.1. The van der Waals surface area contributed by atoms with Crippen molar-refractivity contribution >= 4 is 34.5 Å².